The second kappa shape index (κ2) is 10.1. The Balaban J connectivity index is 1.47. The van der Waals surface area contributed by atoms with E-state index in [1.165, 1.54) is 5.56 Å². The van der Waals surface area contributed by atoms with E-state index in [1.54, 1.807) is 36.0 Å². The maximum Gasteiger partial charge on any atom is 0.279 e. The third-order valence-corrected chi connectivity index (χ3v) is 6.22. The van der Waals surface area contributed by atoms with Gasteiger partial charge in [-0.2, -0.15) is 5.10 Å². The molecule has 0 fully saturated rings. The van der Waals surface area contributed by atoms with Crippen LogP contribution in [0.5, 0.6) is 5.75 Å². The Morgan fingerprint density at radius 1 is 1.06 bits per heavy atom. The predicted octanol–water partition coefficient (Wildman–Crippen LogP) is 6.64. The first-order chi connectivity index (χ1) is 16.2. The second-order valence-electron chi connectivity index (χ2n) is 7.81. The highest BCUT2D eigenvalue weighted by Crippen LogP contribution is 2.26. The zero-order valence-electron chi connectivity index (χ0n) is 18.7. The minimum Gasteiger partial charge on any atom is -0.489 e. The van der Waals surface area contributed by atoms with Gasteiger partial charge in [0.05, 0.1) is 12.1 Å². The van der Waals surface area contributed by atoms with E-state index in [0.29, 0.717) is 33.7 Å². The van der Waals surface area contributed by atoms with Gasteiger partial charge in [0.15, 0.2) is 11.5 Å². The van der Waals surface area contributed by atoms with Gasteiger partial charge in [0, 0.05) is 16.2 Å². The van der Waals surface area contributed by atoms with Crippen molar-refractivity contribution in [3.63, 3.8) is 0 Å². The maximum absolute atomic E-state index is 12.9. The smallest absolute Gasteiger partial charge is 0.279 e. The highest BCUT2D eigenvalue weighted by atomic mass is 35.5. The summed E-state index contributed by atoms with van der Waals surface area (Å²) in [5.41, 5.74) is 3.73. The zero-order valence-corrected chi connectivity index (χ0v) is 20.9. The molecule has 0 radical (unpaired) electrons. The van der Waals surface area contributed by atoms with Gasteiger partial charge in [0.2, 0.25) is 0 Å². The van der Waals surface area contributed by atoms with E-state index < -0.39 is 5.91 Å². The van der Waals surface area contributed by atoms with Crippen LogP contribution in [0.15, 0.2) is 47.1 Å². The largest absolute Gasteiger partial charge is 0.489 e. The summed E-state index contributed by atoms with van der Waals surface area (Å²) >= 11 is 18.5. The fourth-order valence-corrected chi connectivity index (χ4v) is 3.92. The number of carbonyl (C=O) groups excluding carboxylic acids is 1. The minimum absolute atomic E-state index is 0.104. The molecular weight excluding hydrogens is 499 g/mol. The number of ether oxygens (including phenoxy) is 1. The summed E-state index contributed by atoms with van der Waals surface area (Å²) < 4.78 is 12.7. The van der Waals surface area contributed by atoms with Crippen LogP contribution < -0.4 is 10.1 Å². The van der Waals surface area contributed by atoms with E-state index in [4.69, 9.17) is 44.1 Å². The highest BCUT2D eigenvalue weighted by molar-refractivity contribution is 6.35. The number of rotatable bonds is 7. The first-order valence-corrected chi connectivity index (χ1v) is 11.5. The lowest BCUT2D eigenvalue weighted by atomic mass is 10.1. The number of carbonyl (C=O) groups is 1. The summed E-state index contributed by atoms with van der Waals surface area (Å²) in [5, 5.41) is 12.3. The van der Waals surface area contributed by atoms with Crippen LogP contribution in [0.2, 0.25) is 15.1 Å². The molecule has 176 valence electrons. The lowest BCUT2D eigenvalue weighted by molar-refractivity contribution is 0.101. The lowest BCUT2D eigenvalue weighted by Crippen LogP contribution is -2.16. The SMILES string of the molecule is Cc1ccc(OCc2c(C(=O)Nc3nn(Cc4ccc(Cl)cc4Cl)cc3Cl)noc2C)cc1C. The van der Waals surface area contributed by atoms with Gasteiger partial charge in [-0.05, 0) is 61.7 Å². The van der Waals surface area contributed by atoms with E-state index in [1.807, 2.05) is 32.0 Å². The Labute approximate surface area is 211 Å². The van der Waals surface area contributed by atoms with Gasteiger partial charge in [0.25, 0.3) is 5.91 Å². The third kappa shape index (κ3) is 5.38. The molecule has 1 N–H and O–H groups in total. The molecule has 0 aliphatic rings. The topological polar surface area (TPSA) is 82.2 Å². The van der Waals surface area contributed by atoms with Crippen LogP contribution in [0.4, 0.5) is 5.82 Å². The Kier molecular flexibility index (Phi) is 7.16. The van der Waals surface area contributed by atoms with Crippen LogP contribution in [-0.4, -0.2) is 20.8 Å². The average Bonchev–Trinajstić information content (AvgIpc) is 3.32. The molecule has 2 heterocycles. The normalized spacial score (nSPS) is 11.0. The maximum atomic E-state index is 12.9. The number of benzene rings is 2. The van der Waals surface area contributed by atoms with Crippen LogP contribution in [0.3, 0.4) is 0 Å². The van der Waals surface area contributed by atoms with Crippen molar-refractivity contribution < 1.29 is 14.1 Å². The molecule has 2 aromatic carbocycles. The molecule has 0 saturated heterocycles. The summed E-state index contributed by atoms with van der Waals surface area (Å²) in [6.07, 6.45) is 1.60. The van der Waals surface area contributed by atoms with Crippen molar-refractivity contribution in [1.82, 2.24) is 14.9 Å². The molecule has 0 saturated carbocycles. The molecule has 34 heavy (non-hydrogen) atoms. The Morgan fingerprint density at radius 2 is 1.85 bits per heavy atom. The van der Waals surface area contributed by atoms with Gasteiger partial charge >= 0.3 is 0 Å². The molecule has 0 atom stereocenters. The number of aryl methyl sites for hydroxylation is 3. The Morgan fingerprint density at radius 3 is 2.59 bits per heavy atom. The number of aromatic nitrogens is 3. The molecule has 0 spiro atoms. The standard InChI is InChI=1S/C24H21Cl3N4O3/c1-13-4-7-18(8-14(13)2)33-12-19-15(3)34-30-22(19)24(32)28-23-21(27)11-31(29-23)10-16-5-6-17(25)9-20(16)26/h4-9,11H,10,12H2,1-3H3,(H,28,29,32). The minimum atomic E-state index is -0.507. The van der Waals surface area contributed by atoms with Crippen molar-refractivity contribution in [2.75, 3.05) is 5.32 Å². The number of halogens is 3. The second-order valence-corrected chi connectivity index (χ2v) is 9.06. The molecule has 0 aliphatic carbocycles. The summed E-state index contributed by atoms with van der Waals surface area (Å²) in [4.78, 5) is 12.9. The van der Waals surface area contributed by atoms with E-state index in [0.717, 1.165) is 11.1 Å². The van der Waals surface area contributed by atoms with Crippen LogP contribution in [-0.2, 0) is 13.2 Å². The average molecular weight is 520 g/mol. The van der Waals surface area contributed by atoms with Gasteiger partial charge in [-0.25, -0.2) is 0 Å². The van der Waals surface area contributed by atoms with Crippen molar-refractivity contribution in [3.05, 3.63) is 91.4 Å². The first kappa shape index (κ1) is 24.1. The molecule has 0 unspecified atom stereocenters. The number of anilines is 1. The van der Waals surface area contributed by atoms with Crippen LogP contribution in [0.1, 0.15) is 38.5 Å². The van der Waals surface area contributed by atoms with Crippen molar-refractivity contribution in [2.24, 2.45) is 0 Å². The molecule has 1 amide bonds. The molecule has 0 aliphatic heterocycles. The van der Waals surface area contributed by atoms with Crippen molar-refractivity contribution >= 4 is 46.5 Å². The molecule has 2 aromatic heterocycles. The fraction of sp³-hybridized carbons (Fsp3) is 0.208. The fourth-order valence-electron chi connectivity index (χ4n) is 3.25. The Hall–Kier alpha value is -3.00. The van der Waals surface area contributed by atoms with Gasteiger partial charge in [-0.15, -0.1) is 0 Å². The summed E-state index contributed by atoms with van der Waals surface area (Å²) in [6.45, 7) is 6.24. The molecule has 4 aromatic rings. The van der Waals surface area contributed by atoms with Crippen molar-refractivity contribution in [1.29, 1.82) is 0 Å². The zero-order chi connectivity index (χ0) is 24.4. The highest BCUT2D eigenvalue weighted by Gasteiger charge is 2.22. The van der Waals surface area contributed by atoms with E-state index in [-0.39, 0.29) is 23.1 Å². The quantitative estimate of drug-likeness (QED) is 0.296. The third-order valence-electron chi connectivity index (χ3n) is 5.36. The summed E-state index contributed by atoms with van der Waals surface area (Å²) in [6, 6.07) is 11.0. The molecule has 10 heteroatoms. The number of nitrogens with one attached hydrogen (secondary N) is 1. The van der Waals surface area contributed by atoms with E-state index in [2.05, 4.69) is 15.6 Å². The monoisotopic (exact) mass is 518 g/mol. The van der Waals surface area contributed by atoms with E-state index in [9.17, 15) is 4.79 Å². The first-order valence-electron chi connectivity index (χ1n) is 10.3. The van der Waals surface area contributed by atoms with Crippen molar-refractivity contribution in [3.8, 4) is 5.75 Å². The molecule has 7 nitrogen and oxygen atoms in total. The van der Waals surface area contributed by atoms with Crippen LogP contribution >= 0.6 is 34.8 Å². The van der Waals surface area contributed by atoms with Gasteiger partial charge in [0.1, 0.15) is 23.1 Å². The number of amides is 1. The van der Waals surface area contributed by atoms with Gasteiger partial charge < -0.3 is 14.6 Å². The number of hydrogen-bond acceptors (Lipinski definition) is 5. The molecular formula is C24H21Cl3N4O3. The molecule has 0 bridgehead atoms. The van der Waals surface area contributed by atoms with E-state index >= 15 is 0 Å². The predicted molar refractivity (Wildman–Crippen MR) is 132 cm³/mol. The number of hydrogen-bond donors (Lipinski definition) is 1. The Bertz CT molecular complexity index is 1360. The summed E-state index contributed by atoms with van der Waals surface area (Å²) in [7, 11) is 0. The number of nitrogens with zero attached hydrogens (tertiary/aromatic N) is 3. The van der Waals surface area contributed by atoms with Crippen LogP contribution in [0.25, 0.3) is 0 Å². The summed E-state index contributed by atoms with van der Waals surface area (Å²) in [5.74, 6) is 0.867. The lowest BCUT2D eigenvalue weighted by Gasteiger charge is -2.09. The van der Waals surface area contributed by atoms with Crippen molar-refractivity contribution in [2.45, 2.75) is 33.9 Å². The van der Waals surface area contributed by atoms with Crippen LogP contribution in [0, 0.1) is 20.8 Å². The molecule has 4 rings (SSSR count). The van der Waals surface area contributed by atoms with Gasteiger partial charge in [-0.1, -0.05) is 52.1 Å². The van der Waals surface area contributed by atoms with Gasteiger partial charge in [-0.3, -0.25) is 9.48 Å².